The predicted octanol–water partition coefficient (Wildman–Crippen LogP) is 8.20. The molecule has 4 aliphatic carbocycles. The van der Waals surface area contributed by atoms with Crippen LogP contribution in [0.15, 0.2) is 36.5 Å². The summed E-state index contributed by atoms with van der Waals surface area (Å²) in [5.74, 6) is 2.13. The molecule has 0 radical (unpaired) electrons. The van der Waals surface area contributed by atoms with Gasteiger partial charge in [-0.15, -0.1) is 0 Å². The second-order valence-electron chi connectivity index (χ2n) is 12.9. The lowest BCUT2D eigenvalue weighted by molar-refractivity contribution is -0.139. The Labute approximate surface area is 196 Å². The highest BCUT2D eigenvalue weighted by atomic mass is 16.4. The number of carboxylic acid groups (broad SMARTS) is 1. The Morgan fingerprint density at radius 3 is 2.44 bits per heavy atom. The summed E-state index contributed by atoms with van der Waals surface area (Å²) in [5.41, 5.74) is 3.80. The van der Waals surface area contributed by atoms with Crippen LogP contribution in [0.2, 0.25) is 0 Å². The maximum atomic E-state index is 11.5. The molecule has 8 atom stereocenters. The van der Waals surface area contributed by atoms with E-state index in [9.17, 15) is 9.90 Å². The molecule has 4 fully saturated rings. The zero-order valence-corrected chi connectivity index (χ0v) is 21.3. The topological polar surface area (TPSA) is 37.3 Å². The Kier molecular flexibility index (Phi) is 5.87. The smallest absolute Gasteiger partial charge is 0.303 e. The fourth-order valence-corrected chi connectivity index (χ4v) is 9.91. The second kappa shape index (κ2) is 7.88. The van der Waals surface area contributed by atoms with Crippen molar-refractivity contribution in [3.05, 3.63) is 36.5 Å². The molecule has 178 valence electrons. The van der Waals surface area contributed by atoms with Gasteiger partial charge in [-0.3, -0.25) is 4.79 Å². The fraction of sp³-hybridized carbons (Fsp3) is 0.767. The molecule has 4 rings (SSSR count). The van der Waals surface area contributed by atoms with Crippen molar-refractivity contribution < 1.29 is 9.90 Å². The number of carbonyl (C=O) groups is 1. The minimum Gasteiger partial charge on any atom is -0.481 e. The molecule has 0 bridgehead atoms. The molecule has 0 heterocycles. The summed E-state index contributed by atoms with van der Waals surface area (Å²) in [6, 6.07) is 0. The van der Waals surface area contributed by atoms with Crippen LogP contribution in [0.5, 0.6) is 0 Å². The maximum absolute atomic E-state index is 11.5. The molecule has 2 nitrogen and oxygen atoms in total. The third kappa shape index (κ3) is 3.22. The Morgan fingerprint density at radius 1 is 1.09 bits per heavy atom. The SMILES string of the molecule is C=C(C)/C=C/C[C@@H](C)[C@H]1CC[C@@]2(C)[C@@H]3CC[C@@H](C(=C)C)[C@@]4(CCC(=O)O)C[C@@]34CC[C@]12C. The van der Waals surface area contributed by atoms with Crippen LogP contribution in [-0.2, 0) is 4.79 Å². The van der Waals surface area contributed by atoms with Gasteiger partial charge < -0.3 is 5.11 Å². The van der Waals surface area contributed by atoms with Crippen LogP contribution in [0.1, 0.15) is 98.8 Å². The number of rotatable bonds is 8. The summed E-state index contributed by atoms with van der Waals surface area (Å²) in [5, 5.41) is 9.51. The molecule has 0 aliphatic heterocycles. The first-order valence-electron chi connectivity index (χ1n) is 13.1. The molecule has 1 spiro atoms. The standard InChI is InChI=1S/C30H46O2/c1-20(2)9-8-10-22(5)24-13-15-28(7)25-12-11-23(21(3)4)29(16-14-26(31)32)19-30(25,29)18-17-27(24,28)6/h8-9,22-25H,1,3,10-19H2,2,4-7H3,(H,31,32)/b9-8+/t22-,23+,24-,25+,27-,28+,29-,30+/m1/s1. The molecule has 0 aromatic heterocycles. The number of fused-ring (bicyclic) bond motifs is 2. The van der Waals surface area contributed by atoms with Crippen LogP contribution in [0.3, 0.4) is 0 Å². The minimum atomic E-state index is -0.631. The van der Waals surface area contributed by atoms with Crippen molar-refractivity contribution in [2.75, 3.05) is 0 Å². The van der Waals surface area contributed by atoms with E-state index in [0.29, 0.717) is 34.5 Å². The minimum absolute atomic E-state index is 0.207. The van der Waals surface area contributed by atoms with Crippen molar-refractivity contribution in [1.29, 1.82) is 0 Å². The normalized spacial score (nSPS) is 45.6. The molecule has 32 heavy (non-hydrogen) atoms. The lowest BCUT2D eigenvalue weighted by atomic mass is 9.43. The highest BCUT2D eigenvalue weighted by molar-refractivity contribution is 5.67. The summed E-state index contributed by atoms with van der Waals surface area (Å²) in [4.78, 5) is 11.5. The summed E-state index contributed by atoms with van der Waals surface area (Å²) < 4.78 is 0. The zero-order chi connectivity index (χ0) is 23.5. The number of hydrogen-bond donors (Lipinski definition) is 1. The van der Waals surface area contributed by atoms with Crippen molar-refractivity contribution >= 4 is 5.97 Å². The molecule has 0 saturated heterocycles. The van der Waals surface area contributed by atoms with Crippen molar-refractivity contribution in [3.8, 4) is 0 Å². The van der Waals surface area contributed by atoms with Crippen molar-refractivity contribution in [2.45, 2.75) is 98.8 Å². The molecule has 0 aromatic carbocycles. The molecule has 4 aliphatic rings. The van der Waals surface area contributed by atoms with Gasteiger partial charge in [-0.05, 0) is 117 Å². The van der Waals surface area contributed by atoms with E-state index in [1.54, 1.807) is 0 Å². The van der Waals surface area contributed by atoms with E-state index in [-0.39, 0.29) is 5.41 Å². The summed E-state index contributed by atoms with van der Waals surface area (Å²) >= 11 is 0. The average Bonchev–Trinajstić information content (AvgIpc) is 3.29. The fourth-order valence-electron chi connectivity index (χ4n) is 9.91. The molecular formula is C30H46O2. The molecule has 4 saturated carbocycles. The number of hydrogen-bond acceptors (Lipinski definition) is 1. The highest BCUT2D eigenvalue weighted by Crippen LogP contribution is 2.87. The zero-order valence-electron chi connectivity index (χ0n) is 21.3. The Balaban J connectivity index is 1.61. The predicted molar refractivity (Wildman–Crippen MR) is 133 cm³/mol. The Hall–Kier alpha value is -1.31. The molecule has 2 heteroatoms. The van der Waals surface area contributed by atoms with Crippen LogP contribution in [0.25, 0.3) is 0 Å². The first-order valence-corrected chi connectivity index (χ1v) is 13.1. The van der Waals surface area contributed by atoms with Crippen LogP contribution in [-0.4, -0.2) is 11.1 Å². The van der Waals surface area contributed by atoms with Crippen LogP contribution in [0.4, 0.5) is 0 Å². The average molecular weight is 439 g/mol. The van der Waals surface area contributed by atoms with E-state index in [2.05, 4.69) is 59.9 Å². The van der Waals surface area contributed by atoms with Gasteiger partial charge in [-0.25, -0.2) is 0 Å². The van der Waals surface area contributed by atoms with Gasteiger partial charge in [-0.2, -0.15) is 0 Å². The summed E-state index contributed by atoms with van der Waals surface area (Å²) in [7, 11) is 0. The van der Waals surface area contributed by atoms with Crippen LogP contribution in [0, 0.1) is 45.3 Å². The highest BCUT2D eigenvalue weighted by Gasteiger charge is 2.80. The van der Waals surface area contributed by atoms with Gasteiger partial charge in [0.05, 0.1) is 0 Å². The third-order valence-electron chi connectivity index (χ3n) is 11.5. The molecular weight excluding hydrogens is 392 g/mol. The van der Waals surface area contributed by atoms with E-state index in [0.717, 1.165) is 30.3 Å². The van der Waals surface area contributed by atoms with Crippen molar-refractivity contribution in [1.82, 2.24) is 0 Å². The quantitative estimate of drug-likeness (QED) is 0.306. The Bertz CT molecular complexity index is 838. The number of carboxylic acids is 1. The molecule has 0 amide bonds. The summed E-state index contributed by atoms with van der Waals surface area (Å²) in [6.07, 6.45) is 16.0. The maximum Gasteiger partial charge on any atom is 0.303 e. The van der Waals surface area contributed by atoms with Gasteiger partial charge >= 0.3 is 5.97 Å². The molecule has 1 N–H and O–H groups in total. The van der Waals surface area contributed by atoms with Gasteiger partial charge in [0.2, 0.25) is 0 Å². The van der Waals surface area contributed by atoms with Crippen molar-refractivity contribution in [3.63, 3.8) is 0 Å². The van der Waals surface area contributed by atoms with E-state index in [4.69, 9.17) is 0 Å². The van der Waals surface area contributed by atoms with Crippen LogP contribution >= 0.6 is 0 Å². The van der Waals surface area contributed by atoms with E-state index >= 15 is 0 Å². The molecule has 0 aromatic rings. The first kappa shape index (κ1) is 23.8. The molecule has 0 unspecified atom stereocenters. The van der Waals surface area contributed by atoms with E-state index < -0.39 is 5.97 Å². The van der Waals surface area contributed by atoms with Gasteiger partial charge in [0, 0.05) is 6.42 Å². The lowest BCUT2D eigenvalue weighted by Gasteiger charge is -2.61. The number of allylic oxidation sites excluding steroid dienone is 4. The first-order chi connectivity index (χ1) is 14.9. The van der Waals surface area contributed by atoms with Gasteiger partial charge in [-0.1, -0.05) is 57.2 Å². The third-order valence-corrected chi connectivity index (χ3v) is 11.5. The second-order valence-corrected chi connectivity index (χ2v) is 12.9. The van der Waals surface area contributed by atoms with E-state index in [1.165, 1.54) is 50.5 Å². The monoisotopic (exact) mass is 438 g/mol. The summed E-state index contributed by atoms with van der Waals surface area (Å²) in [6.45, 7) is 20.4. The lowest BCUT2D eigenvalue weighted by Crippen LogP contribution is -2.54. The van der Waals surface area contributed by atoms with Crippen LogP contribution < -0.4 is 0 Å². The Morgan fingerprint density at radius 2 is 1.81 bits per heavy atom. The van der Waals surface area contributed by atoms with Gasteiger partial charge in [0.15, 0.2) is 0 Å². The van der Waals surface area contributed by atoms with Crippen molar-refractivity contribution in [2.24, 2.45) is 45.3 Å². The van der Waals surface area contributed by atoms with Gasteiger partial charge in [0.25, 0.3) is 0 Å². The largest absolute Gasteiger partial charge is 0.481 e. The van der Waals surface area contributed by atoms with E-state index in [1.807, 2.05) is 0 Å². The number of aliphatic carboxylic acids is 1. The van der Waals surface area contributed by atoms with Gasteiger partial charge in [0.1, 0.15) is 0 Å².